The van der Waals surface area contributed by atoms with Crippen LogP contribution in [0.3, 0.4) is 0 Å². The van der Waals surface area contributed by atoms with E-state index in [0.717, 1.165) is 32.1 Å². The van der Waals surface area contributed by atoms with Crippen molar-refractivity contribution in [3.8, 4) is 0 Å². The largest absolute Gasteiger partial charge is 0.359 e. The fraction of sp³-hybridized carbons (Fsp3) is 0.833. The van der Waals surface area contributed by atoms with Gasteiger partial charge in [0, 0.05) is 19.0 Å². The van der Waals surface area contributed by atoms with E-state index in [0.29, 0.717) is 25.4 Å². The summed E-state index contributed by atoms with van der Waals surface area (Å²) in [6, 6.07) is 0.323. The summed E-state index contributed by atoms with van der Waals surface area (Å²) in [5.74, 6) is 0.150. The quantitative estimate of drug-likeness (QED) is 0.441. The summed E-state index contributed by atoms with van der Waals surface area (Å²) < 4.78 is 0. The van der Waals surface area contributed by atoms with Crippen molar-refractivity contribution >= 4 is 12.3 Å². The normalized spacial score (nSPS) is 10.2. The van der Waals surface area contributed by atoms with E-state index in [9.17, 15) is 9.59 Å². The van der Waals surface area contributed by atoms with Crippen molar-refractivity contribution in [1.29, 1.82) is 0 Å². The maximum absolute atomic E-state index is 11.5. The Morgan fingerprint density at radius 1 is 1.19 bits per heavy atom. The predicted octanol–water partition coefficient (Wildman–Crippen LogP) is 1.60. The molecule has 0 heterocycles. The number of amides is 2. The minimum atomic E-state index is 0.150. The summed E-state index contributed by atoms with van der Waals surface area (Å²) in [7, 11) is 0. The number of unbranched alkanes of at least 4 members (excludes halogenated alkanes) is 2. The van der Waals surface area contributed by atoms with Crippen LogP contribution in [0.2, 0.25) is 0 Å². The van der Waals surface area contributed by atoms with Crippen LogP contribution in [-0.2, 0) is 9.59 Å². The van der Waals surface area contributed by atoms with Crippen LogP contribution in [0.25, 0.3) is 0 Å². The summed E-state index contributed by atoms with van der Waals surface area (Å²) in [5, 5.41) is 5.61. The summed E-state index contributed by atoms with van der Waals surface area (Å²) >= 11 is 0. The number of rotatable bonds is 10. The molecule has 0 aliphatic rings. The van der Waals surface area contributed by atoms with Crippen LogP contribution < -0.4 is 10.6 Å². The first-order chi connectivity index (χ1) is 7.74. The van der Waals surface area contributed by atoms with Gasteiger partial charge in [-0.1, -0.05) is 20.3 Å². The molecule has 0 atom stereocenters. The van der Waals surface area contributed by atoms with E-state index in [2.05, 4.69) is 24.5 Å². The molecule has 0 aromatic rings. The lowest BCUT2D eigenvalue weighted by molar-refractivity contribution is -0.122. The van der Waals surface area contributed by atoms with Crippen molar-refractivity contribution in [2.75, 3.05) is 6.54 Å². The first kappa shape index (κ1) is 14.9. The van der Waals surface area contributed by atoms with Gasteiger partial charge in [0.05, 0.1) is 0 Å². The summed E-state index contributed by atoms with van der Waals surface area (Å²) in [6.45, 7) is 4.87. The Balaban J connectivity index is 3.39. The third-order valence-corrected chi connectivity index (χ3v) is 2.66. The van der Waals surface area contributed by atoms with Crippen molar-refractivity contribution < 1.29 is 9.59 Å². The van der Waals surface area contributed by atoms with E-state index in [1.165, 1.54) is 0 Å². The van der Waals surface area contributed by atoms with Gasteiger partial charge < -0.3 is 10.6 Å². The Hall–Kier alpha value is -1.06. The first-order valence-electron chi connectivity index (χ1n) is 6.20. The standard InChI is InChI=1S/C12H24N2O2/c1-3-11(4-2)14-12(16)8-6-5-7-9-13-10-15/h10-11H,3-9H2,1-2H3,(H,13,15)(H,14,16). The lowest BCUT2D eigenvalue weighted by atomic mass is 10.1. The lowest BCUT2D eigenvalue weighted by Crippen LogP contribution is -2.33. The highest BCUT2D eigenvalue weighted by Crippen LogP contribution is 2.01. The molecular formula is C12H24N2O2. The molecule has 4 nitrogen and oxygen atoms in total. The average Bonchev–Trinajstić information content (AvgIpc) is 2.30. The molecule has 0 aromatic heterocycles. The highest BCUT2D eigenvalue weighted by atomic mass is 16.1. The Morgan fingerprint density at radius 2 is 1.88 bits per heavy atom. The van der Waals surface area contributed by atoms with Crippen LogP contribution in [0, 0.1) is 0 Å². The minimum absolute atomic E-state index is 0.150. The number of nitrogens with one attached hydrogen (secondary N) is 2. The molecule has 16 heavy (non-hydrogen) atoms. The van der Waals surface area contributed by atoms with Gasteiger partial charge in [0.1, 0.15) is 0 Å². The van der Waals surface area contributed by atoms with Crippen molar-refractivity contribution in [3.63, 3.8) is 0 Å². The molecule has 0 fully saturated rings. The highest BCUT2D eigenvalue weighted by Gasteiger charge is 2.07. The van der Waals surface area contributed by atoms with E-state index in [-0.39, 0.29) is 5.91 Å². The van der Waals surface area contributed by atoms with Gasteiger partial charge in [0.2, 0.25) is 12.3 Å². The van der Waals surface area contributed by atoms with Gasteiger partial charge in [-0.3, -0.25) is 9.59 Å². The van der Waals surface area contributed by atoms with Crippen LogP contribution in [0.4, 0.5) is 0 Å². The molecule has 0 aliphatic carbocycles. The second-order valence-electron chi connectivity index (χ2n) is 3.96. The van der Waals surface area contributed by atoms with Gasteiger partial charge >= 0.3 is 0 Å². The predicted molar refractivity (Wildman–Crippen MR) is 65.0 cm³/mol. The van der Waals surface area contributed by atoms with Crippen LogP contribution >= 0.6 is 0 Å². The molecule has 4 heteroatoms. The van der Waals surface area contributed by atoms with Crippen LogP contribution in [0.5, 0.6) is 0 Å². The second kappa shape index (κ2) is 10.5. The van der Waals surface area contributed by atoms with Gasteiger partial charge in [-0.25, -0.2) is 0 Å². The fourth-order valence-electron chi connectivity index (χ4n) is 1.54. The van der Waals surface area contributed by atoms with Crippen molar-refractivity contribution in [2.45, 2.75) is 58.4 Å². The van der Waals surface area contributed by atoms with Crippen molar-refractivity contribution in [3.05, 3.63) is 0 Å². The number of hydrogen-bond donors (Lipinski definition) is 2. The Morgan fingerprint density at radius 3 is 2.44 bits per heavy atom. The average molecular weight is 228 g/mol. The monoisotopic (exact) mass is 228 g/mol. The number of carbonyl (C=O) groups excluding carboxylic acids is 2. The molecule has 0 aromatic carbocycles. The fourth-order valence-corrected chi connectivity index (χ4v) is 1.54. The zero-order chi connectivity index (χ0) is 12.2. The molecule has 94 valence electrons. The van der Waals surface area contributed by atoms with Gasteiger partial charge in [0.15, 0.2) is 0 Å². The van der Waals surface area contributed by atoms with E-state index in [1.807, 2.05) is 0 Å². The van der Waals surface area contributed by atoms with Crippen LogP contribution in [0.15, 0.2) is 0 Å². The zero-order valence-electron chi connectivity index (χ0n) is 10.4. The second-order valence-corrected chi connectivity index (χ2v) is 3.96. The minimum Gasteiger partial charge on any atom is -0.359 e. The van der Waals surface area contributed by atoms with E-state index < -0.39 is 0 Å². The van der Waals surface area contributed by atoms with Crippen LogP contribution in [-0.4, -0.2) is 24.9 Å². The maximum Gasteiger partial charge on any atom is 0.220 e. The van der Waals surface area contributed by atoms with Gasteiger partial charge in [-0.15, -0.1) is 0 Å². The Labute approximate surface area is 98.2 Å². The van der Waals surface area contributed by atoms with E-state index in [4.69, 9.17) is 0 Å². The molecule has 0 radical (unpaired) electrons. The lowest BCUT2D eigenvalue weighted by Gasteiger charge is -2.14. The molecule has 0 saturated carbocycles. The van der Waals surface area contributed by atoms with E-state index >= 15 is 0 Å². The van der Waals surface area contributed by atoms with Gasteiger partial charge in [-0.05, 0) is 25.7 Å². The molecule has 0 aliphatic heterocycles. The molecule has 0 bridgehead atoms. The Kier molecular flexibility index (Phi) is 9.76. The maximum atomic E-state index is 11.5. The molecule has 0 rings (SSSR count). The zero-order valence-corrected chi connectivity index (χ0v) is 10.4. The summed E-state index contributed by atoms with van der Waals surface area (Å²) in [5.41, 5.74) is 0. The molecule has 2 N–H and O–H groups in total. The molecule has 0 saturated heterocycles. The van der Waals surface area contributed by atoms with Gasteiger partial charge in [-0.2, -0.15) is 0 Å². The highest BCUT2D eigenvalue weighted by molar-refractivity contribution is 5.76. The Bertz CT molecular complexity index is 191. The third-order valence-electron chi connectivity index (χ3n) is 2.66. The van der Waals surface area contributed by atoms with Crippen LogP contribution in [0.1, 0.15) is 52.4 Å². The smallest absolute Gasteiger partial charge is 0.220 e. The third kappa shape index (κ3) is 8.26. The molecule has 0 spiro atoms. The SMILES string of the molecule is CCC(CC)NC(=O)CCCCCNC=O. The first-order valence-corrected chi connectivity index (χ1v) is 6.20. The van der Waals surface area contributed by atoms with Crippen molar-refractivity contribution in [2.24, 2.45) is 0 Å². The molecule has 2 amide bonds. The van der Waals surface area contributed by atoms with E-state index in [1.54, 1.807) is 0 Å². The molecule has 0 unspecified atom stereocenters. The van der Waals surface area contributed by atoms with Gasteiger partial charge in [0.25, 0.3) is 0 Å². The van der Waals surface area contributed by atoms with Crippen molar-refractivity contribution in [1.82, 2.24) is 10.6 Å². The summed E-state index contributed by atoms with van der Waals surface area (Å²) in [4.78, 5) is 21.4. The molecular weight excluding hydrogens is 204 g/mol. The number of hydrogen-bond acceptors (Lipinski definition) is 2. The number of carbonyl (C=O) groups is 2. The topological polar surface area (TPSA) is 58.2 Å². The summed E-state index contributed by atoms with van der Waals surface area (Å²) in [6.07, 6.45) is 6.11.